The third kappa shape index (κ3) is 17.9. The van der Waals surface area contributed by atoms with Crippen LogP contribution in [0.5, 0.6) is 0 Å². The van der Waals surface area contributed by atoms with Crippen molar-refractivity contribution in [3.05, 3.63) is 0 Å². The van der Waals surface area contributed by atoms with Crippen molar-refractivity contribution < 1.29 is 5.11 Å². The van der Waals surface area contributed by atoms with Crippen LogP contribution in [0.15, 0.2) is 0 Å². The molecule has 2 atom stereocenters. The molecule has 2 nitrogen and oxygen atoms in total. The molecule has 0 heterocycles. The molecule has 0 fully saturated rings. The van der Waals surface area contributed by atoms with Crippen molar-refractivity contribution in [3.63, 3.8) is 0 Å². The predicted octanol–water partition coefficient (Wildman–Crippen LogP) is 7.88. The van der Waals surface area contributed by atoms with Gasteiger partial charge in [-0.05, 0) is 31.4 Å². The van der Waals surface area contributed by atoms with Crippen LogP contribution in [-0.2, 0) is 0 Å². The predicted molar refractivity (Wildman–Crippen MR) is 142 cm³/mol. The summed E-state index contributed by atoms with van der Waals surface area (Å²) in [6, 6.07) is 0.324. The number of thiol groups is 1. The lowest BCUT2D eigenvalue weighted by atomic mass is 10.0. The number of thiocarbonyl (C=S) groups is 1. The van der Waals surface area contributed by atoms with E-state index < -0.39 is 0 Å². The number of hydrogen-bond acceptors (Lipinski definition) is 3. The van der Waals surface area contributed by atoms with Gasteiger partial charge < -0.3 is 10.0 Å². The van der Waals surface area contributed by atoms with Crippen molar-refractivity contribution >= 4 is 40.9 Å². The Morgan fingerprint density at radius 3 is 1.93 bits per heavy atom. The molecular formula is C24H49NOS3. The molecule has 0 aliphatic rings. The Morgan fingerprint density at radius 2 is 1.41 bits per heavy atom. The van der Waals surface area contributed by atoms with Crippen molar-refractivity contribution in [2.45, 2.75) is 129 Å². The Hall–Kier alpha value is 0.550. The highest BCUT2D eigenvalue weighted by atomic mass is 32.2. The van der Waals surface area contributed by atoms with Crippen molar-refractivity contribution in [2.75, 3.05) is 18.1 Å². The van der Waals surface area contributed by atoms with E-state index in [-0.39, 0.29) is 6.10 Å². The van der Waals surface area contributed by atoms with Gasteiger partial charge in [-0.15, -0.1) is 12.6 Å². The number of thioether (sulfide) groups is 1. The van der Waals surface area contributed by atoms with Crippen LogP contribution in [-0.4, -0.2) is 44.5 Å². The molecule has 1 N–H and O–H groups in total. The molecule has 0 saturated heterocycles. The summed E-state index contributed by atoms with van der Waals surface area (Å²) in [5.41, 5.74) is 0. The summed E-state index contributed by atoms with van der Waals surface area (Å²) in [6.07, 6.45) is 18.9. The summed E-state index contributed by atoms with van der Waals surface area (Å²) in [5, 5.41) is 10.5. The fourth-order valence-electron chi connectivity index (χ4n) is 3.79. The van der Waals surface area contributed by atoms with Crippen molar-refractivity contribution in [3.8, 4) is 0 Å². The minimum Gasteiger partial charge on any atom is -0.392 e. The van der Waals surface area contributed by atoms with Crippen LogP contribution >= 0.6 is 36.6 Å². The summed E-state index contributed by atoms with van der Waals surface area (Å²) >= 11 is 11.7. The highest BCUT2D eigenvalue weighted by Gasteiger charge is 2.21. The Labute approximate surface area is 197 Å². The van der Waals surface area contributed by atoms with Gasteiger partial charge in [-0.1, -0.05) is 104 Å². The minimum absolute atomic E-state index is 0.244. The topological polar surface area (TPSA) is 23.5 Å². The van der Waals surface area contributed by atoms with E-state index in [4.69, 9.17) is 12.2 Å². The van der Waals surface area contributed by atoms with Gasteiger partial charge in [0.1, 0.15) is 4.32 Å². The molecule has 5 heteroatoms. The van der Waals surface area contributed by atoms with Gasteiger partial charge >= 0.3 is 0 Å². The Bertz CT molecular complexity index is 368. The SMILES string of the molecule is CCCCCCCCCCCCSCC(O)CC(CCC)N(CCCC)C(=S)S. The normalized spacial score (nSPS) is 13.4. The van der Waals surface area contributed by atoms with Crippen LogP contribution < -0.4 is 0 Å². The summed E-state index contributed by atoms with van der Waals surface area (Å²) in [7, 11) is 0. The number of nitrogens with zero attached hydrogens (tertiary/aromatic N) is 1. The zero-order chi connectivity index (χ0) is 21.7. The molecule has 29 heavy (non-hydrogen) atoms. The third-order valence-electron chi connectivity index (χ3n) is 5.56. The maximum absolute atomic E-state index is 10.5. The lowest BCUT2D eigenvalue weighted by molar-refractivity contribution is 0.144. The first kappa shape index (κ1) is 29.5. The van der Waals surface area contributed by atoms with Gasteiger partial charge in [-0.2, -0.15) is 11.8 Å². The second-order valence-electron chi connectivity index (χ2n) is 8.42. The van der Waals surface area contributed by atoms with E-state index in [1.807, 2.05) is 11.8 Å². The highest BCUT2D eigenvalue weighted by molar-refractivity contribution is 8.10. The van der Waals surface area contributed by atoms with Gasteiger partial charge in [-0.25, -0.2) is 0 Å². The standard InChI is InChI=1S/C24H49NOS3/c1-4-7-9-10-11-12-13-14-15-16-19-29-21-23(26)20-22(17-6-3)25(24(27)28)18-8-5-2/h22-23,26H,4-21H2,1-3H3,(H,27,28). The number of aliphatic hydroxyl groups is 1. The van der Waals surface area contributed by atoms with Gasteiger partial charge in [0.15, 0.2) is 0 Å². The lowest BCUT2D eigenvalue weighted by Crippen LogP contribution is -2.40. The number of rotatable bonds is 21. The van der Waals surface area contributed by atoms with Crippen LogP contribution in [0.25, 0.3) is 0 Å². The maximum atomic E-state index is 10.5. The van der Waals surface area contributed by atoms with E-state index in [1.165, 1.54) is 70.0 Å². The van der Waals surface area contributed by atoms with Crippen LogP contribution in [0, 0.1) is 0 Å². The third-order valence-corrected chi connectivity index (χ3v) is 7.25. The molecule has 2 unspecified atom stereocenters. The van der Waals surface area contributed by atoms with Gasteiger partial charge in [0.2, 0.25) is 0 Å². The number of hydrogen-bond donors (Lipinski definition) is 2. The second kappa shape index (κ2) is 21.8. The maximum Gasteiger partial charge on any atom is 0.133 e. The van der Waals surface area contributed by atoms with Gasteiger partial charge in [0, 0.05) is 18.3 Å². The molecule has 0 aromatic heterocycles. The van der Waals surface area contributed by atoms with E-state index in [9.17, 15) is 5.11 Å². The lowest BCUT2D eigenvalue weighted by Gasteiger charge is -2.33. The molecule has 0 aromatic rings. The van der Waals surface area contributed by atoms with Gasteiger partial charge in [0.05, 0.1) is 6.10 Å². The first-order chi connectivity index (χ1) is 14.1. The van der Waals surface area contributed by atoms with Gasteiger partial charge in [-0.3, -0.25) is 0 Å². The fourth-order valence-corrected chi connectivity index (χ4v) is 5.28. The average molecular weight is 464 g/mol. The summed E-state index contributed by atoms with van der Waals surface area (Å²) in [5.74, 6) is 2.02. The molecule has 0 rings (SSSR count). The minimum atomic E-state index is -0.244. The van der Waals surface area contributed by atoms with Crippen LogP contribution in [0.2, 0.25) is 0 Å². The molecule has 0 bridgehead atoms. The molecule has 0 aliphatic heterocycles. The summed E-state index contributed by atoms with van der Waals surface area (Å²) in [6.45, 7) is 7.65. The van der Waals surface area contributed by atoms with E-state index in [0.29, 0.717) is 10.4 Å². The van der Waals surface area contributed by atoms with E-state index in [2.05, 4.69) is 38.3 Å². The highest BCUT2D eigenvalue weighted by Crippen LogP contribution is 2.20. The van der Waals surface area contributed by atoms with Crippen molar-refractivity contribution in [1.82, 2.24) is 4.90 Å². The summed E-state index contributed by atoms with van der Waals surface area (Å²) in [4.78, 5) is 2.24. The zero-order valence-electron chi connectivity index (χ0n) is 19.5. The second-order valence-corrected chi connectivity index (χ2v) is 10.7. The van der Waals surface area contributed by atoms with Crippen LogP contribution in [0.3, 0.4) is 0 Å². The van der Waals surface area contributed by atoms with E-state index in [1.54, 1.807) is 0 Å². The molecule has 174 valence electrons. The molecule has 0 aliphatic carbocycles. The molecule has 0 amide bonds. The first-order valence-corrected chi connectivity index (χ1v) is 14.3. The van der Waals surface area contributed by atoms with Gasteiger partial charge in [0.25, 0.3) is 0 Å². The Kier molecular flexibility index (Phi) is 22.2. The monoisotopic (exact) mass is 463 g/mol. The quantitative estimate of drug-likeness (QED) is 0.103. The number of aliphatic hydroxyl groups excluding tert-OH is 1. The van der Waals surface area contributed by atoms with Crippen LogP contribution in [0.4, 0.5) is 0 Å². The first-order valence-electron chi connectivity index (χ1n) is 12.3. The molecule has 0 radical (unpaired) electrons. The summed E-state index contributed by atoms with van der Waals surface area (Å²) < 4.78 is 0.683. The van der Waals surface area contributed by atoms with Crippen molar-refractivity contribution in [1.29, 1.82) is 0 Å². The van der Waals surface area contributed by atoms with E-state index in [0.717, 1.165) is 44.4 Å². The largest absolute Gasteiger partial charge is 0.392 e. The van der Waals surface area contributed by atoms with Crippen molar-refractivity contribution in [2.24, 2.45) is 0 Å². The fraction of sp³-hybridized carbons (Fsp3) is 0.958. The molecular weight excluding hydrogens is 414 g/mol. The Morgan fingerprint density at radius 1 is 0.862 bits per heavy atom. The molecule has 0 saturated carbocycles. The zero-order valence-corrected chi connectivity index (χ0v) is 22.1. The van der Waals surface area contributed by atoms with Crippen LogP contribution in [0.1, 0.15) is 117 Å². The Balaban J connectivity index is 3.85. The smallest absolute Gasteiger partial charge is 0.133 e. The average Bonchev–Trinajstić information content (AvgIpc) is 2.69. The van der Waals surface area contributed by atoms with E-state index >= 15 is 0 Å². The number of unbranched alkanes of at least 4 members (excludes halogenated alkanes) is 10. The molecule has 0 aromatic carbocycles. The molecule has 0 spiro atoms.